The summed E-state index contributed by atoms with van der Waals surface area (Å²) in [5.74, 6) is -3.48. The Morgan fingerprint density at radius 3 is 2.62 bits per heavy atom. The normalized spacial score (nSPS) is 11.4. The summed E-state index contributed by atoms with van der Waals surface area (Å²) in [4.78, 5) is 22.0. The summed E-state index contributed by atoms with van der Waals surface area (Å²) in [6.07, 6.45) is 0.854. The molecule has 0 saturated heterocycles. The summed E-state index contributed by atoms with van der Waals surface area (Å²) in [6, 6.07) is 8.84. The molecular weight excluding hydrogens is 279 g/mol. The number of carbonyl (C=O) groups is 2. The van der Waals surface area contributed by atoms with Gasteiger partial charge >= 0.3 is 5.97 Å². The summed E-state index contributed by atoms with van der Waals surface area (Å²) in [5.41, 5.74) is 0.673. The number of allylic oxidation sites excluding steroid dienone is 1. The van der Waals surface area contributed by atoms with Crippen molar-refractivity contribution in [2.75, 3.05) is 0 Å². The average Bonchev–Trinajstić information content (AvgIpc) is 2.87. The predicted octanol–water partition coefficient (Wildman–Crippen LogP) is 2.72. The van der Waals surface area contributed by atoms with Crippen molar-refractivity contribution in [1.29, 1.82) is 0 Å². The minimum absolute atomic E-state index is 0.103. The molecule has 0 bridgehead atoms. The Morgan fingerprint density at radius 1 is 1.19 bits per heavy atom. The zero-order valence-corrected chi connectivity index (χ0v) is 10.7. The number of aliphatic hydroxyl groups is 1. The first-order chi connectivity index (χ1) is 9.95. The van der Waals surface area contributed by atoms with Crippen LogP contribution in [-0.4, -0.2) is 22.0 Å². The van der Waals surface area contributed by atoms with E-state index in [1.807, 2.05) is 0 Å². The number of halogens is 1. The fraction of sp³-hybridized carbons (Fsp3) is 0.0667. The first-order valence-corrected chi connectivity index (χ1v) is 5.97. The molecule has 0 fully saturated rings. The van der Waals surface area contributed by atoms with Crippen LogP contribution in [0.2, 0.25) is 0 Å². The van der Waals surface area contributed by atoms with Crippen LogP contribution in [0, 0.1) is 5.82 Å². The lowest BCUT2D eigenvalue weighted by molar-refractivity contribution is -0.135. The smallest absolute Gasteiger partial charge is 0.371 e. The van der Waals surface area contributed by atoms with Crippen molar-refractivity contribution in [3.8, 4) is 0 Å². The van der Waals surface area contributed by atoms with E-state index in [0.717, 1.165) is 0 Å². The number of carboxylic acid groups (broad SMARTS) is 1. The molecule has 0 unspecified atom stereocenters. The molecule has 21 heavy (non-hydrogen) atoms. The van der Waals surface area contributed by atoms with Crippen molar-refractivity contribution in [3.63, 3.8) is 0 Å². The van der Waals surface area contributed by atoms with Crippen molar-refractivity contribution < 1.29 is 28.6 Å². The predicted molar refractivity (Wildman–Crippen MR) is 70.6 cm³/mol. The number of ketones is 1. The van der Waals surface area contributed by atoms with Gasteiger partial charge in [0.2, 0.25) is 11.5 Å². The summed E-state index contributed by atoms with van der Waals surface area (Å²) in [7, 11) is 0. The molecule has 1 aromatic heterocycles. The van der Waals surface area contributed by atoms with Gasteiger partial charge in [-0.25, -0.2) is 9.18 Å². The van der Waals surface area contributed by atoms with Gasteiger partial charge in [-0.2, -0.15) is 0 Å². The molecule has 0 aliphatic heterocycles. The quantitative estimate of drug-likeness (QED) is 0.502. The van der Waals surface area contributed by atoms with Gasteiger partial charge in [0.05, 0.1) is 0 Å². The van der Waals surface area contributed by atoms with Gasteiger partial charge in [0.1, 0.15) is 11.6 Å². The van der Waals surface area contributed by atoms with Crippen LogP contribution in [0.1, 0.15) is 21.9 Å². The first-order valence-electron chi connectivity index (χ1n) is 5.97. The van der Waals surface area contributed by atoms with Crippen molar-refractivity contribution in [1.82, 2.24) is 0 Å². The highest BCUT2D eigenvalue weighted by Gasteiger charge is 2.13. The number of hydrogen-bond donors (Lipinski definition) is 2. The highest BCUT2D eigenvalue weighted by Crippen LogP contribution is 2.15. The molecule has 108 valence electrons. The zero-order valence-electron chi connectivity index (χ0n) is 10.7. The summed E-state index contributed by atoms with van der Waals surface area (Å²) in [6.45, 7) is 0. The molecular formula is C15H11FO5. The van der Waals surface area contributed by atoms with Crippen LogP contribution in [0.5, 0.6) is 0 Å². The van der Waals surface area contributed by atoms with Crippen molar-refractivity contribution >= 4 is 11.8 Å². The number of rotatable bonds is 5. The van der Waals surface area contributed by atoms with E-state index in [1.165, 1.54) is 24.3 Å². The van der Waals surface area contributed by atoms with E-state index < -0.39 is 17.5 Å². The molecule has 0 radical (unpaired) electrons. The highest BCUT2D eigenvalue weighted by molar-refractivity contribution is 6.06. The van der Waals surface area contributed by atoms with Crippen LogP contribution in [0.15, 0.2) is 52.7 Å². The third-order valence-corrected chi connectivity index (χ3v) is 2.66. The Morgan fingerprint density at radius 2 is 1.95 bits per heavy atom. The maximum absolute atomic E-state index is 13.0. The number of carbonyl (C=O) groups excluding carboxylic acids is 1. The van der Waals surface area contributed by atoms with Gasteiger partial charge in [0.15, 0.2) is 5.76 Å². The van der Waals surface area contributed by atoms with Crippen molar-refractivity contribution in [3.05, 3.63) is 71.1 Å². The molecule has 1 aromatic carbocycles. The van der Waals surface area contributed by atoms with E-state index in [4.69, 9.17) is 14.6 Å². The summed E-state index contributed by atoms with van der Waals surface area (Å²) < 4.78 is 18.3. The molecule has 0 atom stereocenters. The van der Waals surface area contributed by atoms with Gasteiger partial charge in [-0.05, 0) is 29.8 Å². The molecule has 5 nitrogen and oxygen atoms in total. The Labute approximate surface area is 118 Å². The van der Waals surface area contributed by atoms with Gasteiger partial charge in [-0.1, -0.05) is 12.1 Å². The molecule has 1 heterocycles. The van der Waals surface area contributed by atoms with Gasteiger partial charge < -0.3 is 14.6 Å². The van der Waals surface area contributed by atoms with E-state index >= 15 is 0 Å². The molecule has 0 saturated carbocycles. The highest BCUT2D eigenvalue weighted by atomic mass is 19.1. The monoisotopic (exact) mass is 290 g/mol. The Kier molecular flexibility index (Phi) is 4.18. The van der Waals surface area contributed by atoms with Gasteiger partial charge in [0, 0.05) is 12.5 Å². The SMILES string of the molecule is O=C(O)/C(O)=C/C(=O)c1ccc(Cc2cccc(F)c2)o1. The van der Waals surface area contributed by atoms with Crippen molar-refractivity contribution in [2.24, 2.45) is 0 Å². The number of carboxylic acids is 1. The second-order valence-electron chi connectivity index (χ2n) is 4.27. The molecule has 6 heteroatoms. The number of aliphatic carboxylic acids is 1. The van der Waals surface area contributed by atoms with Crippen LogP contribution >= 0.6 is 0 Å². The molecule has 2 aromatic rings. The van der Waals surface area contributed by atoms with Gasteiger partial charge in [-0.15, -0.1) is 0 Å². The van der Waals surface area contributed by atoms with E-state index in [9.17, 15) is 14.0 Å². The average molecular weight is 290 g/mol. The number of furan rings is 1. The van der Waals surface area contributed by atoms with Crippen LogP contribution in [0.25, 0.3) is 0 Å². The molecule has 2 N–H and O–H groups in total. The number of benzene rings is 1. The second kappa shape index (κ2) is 6.04. The maximum Gasteiger partial charge on any atom is 0.371 e. The second-order valence-corrected chi connectivity index (χ2v) is 4.27. The Hall–Kier alpha value is -2.89. The minimum Gasteiger partial charge on any atom is -0.502 e. The van der Waals surface area contributed by atoms with E-state index in [1.54, 1.807) is 12.1 Å². The summed E-state index contributed by atoms with van der Waals surface area (Å²) >= 11 is 0. The van der Waals surface area contributed by atoms with Gasteiger partial charge in [0.25, 0.3) is 0 Å². The number of hydrogen-bond acceptors (Lipinski definition) is 4. The first kappa shape index (κ1) is 14.5. The molecule has 0 amide bonds. The molecule has 0 aliphatic rings. The standard InChI is InChI=1S/C15H11FO5/c16-10-3-1-2-9(6-10)7-11-4-5-14(21-11)12(17)8-13(18)15(19)20/h1-6,8,18H,7H2,(H,19,20)/b13-8-. The van der Waals surface area contributed by atoms with Crippen LogP contribution in [0.4, 0.5) is 4.39 Å². The van der Waals surface area contributed by atoms with E-state index in [0.29, 0.717) is 23.8 Å². The fourth-order valence-electron chi connectivity index (χ4n) is 1.71. The third-order valence-electron chi connectivity index (χ3n) is 2.66. The van der Waals surface area contributed by atoms with Crippen LogP contribution < -0.4 is 0 Å². The lowest BCUT2D eigenvalue weighted by Crippen LogP contribution is -2.03. The van der Waals surface area contributed by atoms with E-state index in [2.05, 4.69) is 0 Å². The molecule has 0 spiro atoms. The minimum atomic E-state index is -1.60. The number of aliphatic hydroxyl groups excluding tert-OH is 1. The van der Waals surface area contributed by atoms with Crippen molar-refractivity contribution in [2.45, 2.75) is 6.42 Å². The van der Waals surface area contributed by atoms with Gasteiger partial charge in [-0.3, -0.25) is 4.79 Å². The molecule has 0 aliphatic carbocycles. The van der Waals surface area contributed by atoms with E-state index in [-0.39, 0.29) is 11.6 Å². The van der Waals surface area contributed by atoms with Crippen LogP contribution in [-0.2, 0) is 11.2 Å². The maximum atomic E-state index is 13.0. The largest absolute Gasteiger partial charge is 0.502 e. The topological polar surface area (TPSA) is 87.7 Å². The third kappa shape index (κ3) is 3.79. The Bertz CT molecular complexity index is 714. The lowest BCUT2D eigenvalue weighted by atomic mass is 10.1. The molecule has 2 rings (SSSR count). The zero-order chi connectivity index (χ0) is 15.4. The fourth-order valence-corrected chi connectivity index (χ4v) is 1.71. The van der Waals surface area contributed by atoms with Crippen LogP contribution in [0.3, 0.4) is 0 Å². The lowest BCUT2D eigenvalue weighted by Gasteiger charge is -1.98. The Balaban J connectivity index is 2.13. The summed E-state index contributed by atoms with van der Waals surface area (Å²) in [5, 5.41) is 17.5.